The van der Waals surface area contributed by atoms with Crippen molar-refractivity contribution < 1.29 is 4.84 Å². The summed E-state index contributed by atoms with van der Waals surface area (Å²) in [6.07, 6.45) is 0.950. The third kappa shape index (κ3) is 3.65. The maximum Gasteiger partial charge on any atom is 0.114 e. The molecule has 0 saturated heterocycles. The van der Waals surface area contributed by atoms with Crippen LogP contribution in [0.3, 0.4) is 0 Å². The molecule has 0 unspecified atom stereocenters. The number of hydrogen-bond acceptors (Lipinski definition) is 2. The summed E-state index contributed by atoms with van der Waals surface area (Å²) in [6, 6.07) is 22.1. The lowest BCUT2D eigenvalue weighted by Gasteiger charge is -2.07. The van der Waals surface area contributed by atoms with Gasteiger partial charge in [-0.15, -0.1) is 0 Å². The molecule has 3 nitrogen and oxygen atoms in total. The van der Waals surface area contributed by atoms with Crippen LogP contribution in [0.2, 0.25) is 0 Å². The summed E-state index contributed by atoms with van der Waals surface area (Å²) in [5.74, 6) is 0. The highest BCUT2D eigenvalue weighted by Crippen LogP contribution is 2.31. The van der Waals surface area contributed by atoms with E-state index in [-0.39, 0.29) is 0 Å². The molecule has 0 N–H and O–H groups in total. The molecule has 0 aliphatic heterocycles. The van der Waals surface area contributed by atoms with Crippen LogP contribution in [0.4, 0.5) is 0 Å². The van der Waals surface area contributed by atoms with Crippen molar-refractivity contribution in [3.63, 3.8) is 0 Å². The Morgan fingerprint density at radius 3 is 2.38 bits per heavy atom. The Balaban J connectivity index is 1.85. The van der Waals surface area contributed by atoms with Crippen LogP contribution in [0.5, 0.6) is 0 Å². The van der Waals surface area contributed by atoms with E-state index in [2.05, 4.69) is 84.2 Å². The molecule has 0 spiro atoms. The number of rotatable bonds is 6. The van der Waals surface area contributed by atoms with Gasteiger partial charge in [0.15, 0.2) is 0 Å². The molecule has 0 radical (unpaired) electrons. The number of hydrogen-bond donors (Lipinski definition) is 0. The number of oxime groups is 1. The highest BCUT2D eigenvalue weighted by molar-refractivity contribution is 6.11. The van der Waals surface area contributed by atoms with Crippen molar-refractivity contribution in [1.29, 1.82) is 0 Å². The van der Waals surface area contributed by atoms with Gasteiger partial charge in [-0.25, -0.2) is 0 Å². The second kappa shape index (κ2) is 8.12. The molecule has 0 aliphatic carbocycles. The lowest BCUT2D eigenvalue weighted by atomic mass is 9.99. The molecule has 0 atom stereocenters. The first-order chi connectivity index (χ1) is 14.1. The van der Waals surface area contributed by atoms with E-state index in [1.54, 1.807) is 0 Å². The van der Waals surface area contributed by atoms with Crippen LogP contribution in [0.25, 0.3) is 21.8 Å². The summed E-state index contributed by atoms with van der Waals surface area (Å²) in [4.78, 5) is 5.26. The van der Waals surface area contributed by atoms with Gasteiger partial charge in [0.05, 0.1) is 5.71 Å². The molecule has 29 heavy (non-hydrogen) atoms. The van der Waals surface area contributed by atoms with Crippen molar-refractivity contribution in [2.45, 2.75) is 40.7 Å². The second-order valence-corrected chi connectivity index (χ2v) is 7.53. The largest absolute Gasteiger partial charge is 0.396 e. The maximum absolute atomic E-state index is 5.26. The highest BCUT2D eigenvalue weighted by atomic mass is 16.6. The molecule has 148 valence electrons. The van der Waals surface area contributed by atoms with E-state index in [0.717, 1.165) is 24.2 Å². The third-order valence-electron chi connectivity index (χ3n) is 5.65. The summed E-state index contributed by atoms with van der Waals surface area (Å²) in [6.45, 7) is 9.86. The molecule has 1 heterocycles. The van der Waals surface area contributed by atoms with Crippen molar-refractivity contribution in [1.82, 2.24) is 4.57 Å². The third-order valence-corrected chi connectivity index (χ3v) is 5.65. The SMILES string of the molecule is CCON=C(C)c1ccc2c(c1)c1cc(Cc3ccccc3C)ccc1n2CC. The Bertz CT molecular complexity index is 1200. The Labute approximate surface area is 172 Å². The lowest BCUT2D eigenvalue weighted by molar-refractivity contribution is 0.159. The second-order valence-electron chi connectivity index (χ2n) is 7.53. The molecule has 1 aromatic heterocycles. The van der Waals surface area contributed by atoms with E-state index < -0.39 is 0 Å². The number of aromatic nitrogens is 1. The zero-order valence-electron chi connectivity index (χ0n) is 17.7. The van der Waals surface area contributed by atoms with E-state index in [9.17, 15) is 0 Å². The summed E-state index contributed by atoms with van der Waals surface area (Å²) in [5, 5.41) is 6.80. The Hall–Kier alpha value is -3.07. The summed E-state index contributed by atoms with van der Waals surface area (Å²) < 4.78 is 2.39. The molecule has 4 aromatic rings. The van der Waals surface area contributed by atoms with E-state index in [4.69, 9.17) is 4.84 Å². The molecule has 4 rings (SSSR count). The van der Waals surface area contributed by atoms with Crippen LogP contribution < -0.4 is 0 Å². The van der Waals surface area contributed by atoms with E-state index in [1.807, 2.05) is 13.8 Å². The first-order valence-electron chi connectivity index (χ1n) is 10.4. The lowest BCUT2D eigenvalue weighted by Crippen LogP contribution is -1.97. The van der Waals surface area contributed by atoms with Crippen molar-refractivity contribution >= 4 is 27.5 Å². The van der Waals surface area contributed by atoms with Gasteiger partial charge >= 0.3 is 0 Å². The average Bonchev–Trinajstić information content (AvgIpc) is 3.06. The molecule has 3 aromatic carbocycles. The van der Waals surface area contributed by atoms with E-state index >= 15 is 0 Å². The van der Waals surface area contributed by atoms with Crippen LogP contribution in [0.15, 0.2) is 65.8 Å². The maximum atomic E-state index is 5.26. The Morgan fingerprint density at radius 1 is 0.931 bits per heavy atom. The zero-order valence-corrected chi connectivity index (χ0v) is 17.7. The molecule has 0 bridgehead atoms. The highest BCUT2D eigenvalue weighted by Gasteiger charge is 2.12. The predicted octanol–water partition coefficient (Wildman–Crippen LogP) is 6.47. The standard InChI is InChI=1S/C26H28N2O/c1-5-28-25-13-11-20(15-21-10-8-7-9-18(21)3)16-23(25)24-17-22(12-14-26(24)28)19(4)27-29-6-2/h7-14,16-17H,5-6,15H2,1-4H3. The van der Waals surface area contributed by atoms with Crippen molar-refractivity contribution in [2.24, 2.45) is 5.16 Å². The van der Waals surface area contributed by atoms with E-state index in [1.165, 1.54) is 38.5 Å². The molecule has 0 fully saturated rings. The van der Waals surface area contributed by atoms with Crippen LogP contribution in [0, 0.1) is 6.92 Å². The fourth-order valence-corrected chi connectivity index (χ4v) is 4.07. The fourth-order valence-electron chi connectivity index (χ4n) is 4.07. The molecular weight excluding hydrogens is 356 g/mol. The molecule has 0 amide bonds. The number of fused-ring (bicyclic) bond motifs is 3. The van der Waals surface area contributed by atoms with Gasteiger partial charge in [-0.3, -0.25) is 0 Å². The van der Waals surface area contributed by atoms with Gasteiger partial charge in [0.1, 0.15) is 6.61 Å². The number of aryl methyl sites for hydroxylation is 2. The smallest absolute Gasteiger partial charge is 0.114 e. The van der Waals surface area contributed by atoms with Gasteiger partial charge in [-0.1, -0.05) is 41.6 Å². The van der Waals surface area contributed by atoms with Crippen LogP contribution in [-0.2, 0) is 17.8 Å². The average molecular weight is 385 g/mol. The van der Waals surface area contributed by atoms with E-state index in [0.29, 0.717) is 6.61 Å². The Morgan fingerprint density at radius 2 is 1.66 bits per heavy atom. The first-order valence-corrected chi connectivity index (χ1v) is 10.4. The Kier molecular flexibility index (Phi) is 5.39. The summed E-state index contributed by atoms with van der Waals surface area (Å²) in [5.41, 5.74) is 8.62. The monoisotopic (exact) mass is 384 g/mol. The predicted molar refractivity (Wildman–Crippen MR) is 123 cm³/mol. The van der Waals surface area contributed by atoms with Gasteiger partial charge in [0, 0.05) is 28.4 Å². The van der Waals surface area contributed by atoms with Gasteiger partial charge in [0.2, 0.25) is 0 Å². The number of nitrogens with zero attached hydrogens (tertiary/aromatic N) is 2. The quantitative estimate of drug-likeness (QED) is 0.276. The molecule has 0 saturated carbocycles. The minimum absolute atomic E-state index is 0.580. The molecule has 0 aliphatic rings. The van der Waals surface area contributed by atoms with Crippen molar-refractivity contribution in [3.05, 3.63) is 82.9 Å². The minimum Gasteiger partial charge on any atom is -0.396 e. The minimum atomic E-state index is 0.580. The van der Waals surface area contributed by atoms with Gasteiger partial charge in [0.25, 0.3) is 0 Å². The molecular formula is C26H28N2O. The fraction of sp³-hybridized carbons (Fsp3) is 0.269. The van der Waals surface area contributed by atoms with Crippen molar-refractivity contribution in [3.8, 4) is 0 Å². The van der Waals surface area contributed by atoms with Gasteiger partial charge in [-0.05, 0) is 80.6 Å². The van der Waals surface area contributed by atoms with Gasteiger partial charge in [-0.2, -0.15) is 0 Å². The van der Waals surface area contributed by atoms with Crippen LogP contribution in [0.1, 0.15) is 43.0 Å². The molecule has 3 heteroatoms. The first kappa shape index (κ1) is 19.3. The van der Waals surface area contributed by atoms with Crippen LogP contribution >= 0.6 is 0 Å². The summed E-state index contributed by atoms with van der Waals surface area (Å²) in [7, 11) is 0. The zero-order chi connectivity index (χ0) is 20.4. The number of benzene rings is 3. The topological polar surface area (TPSA) is 26.5 Å². The normalized spacial score (nSPS) is 12.1. The van der Waals surface area contributed by atoms with Crippen LogP contribution in [-0.4, -0.2) is 16.9 Å². The van der Waals surface area contributed by atoms with Gasteiger partial charge < -0.3 is 9.40 Å². The van der Waals surface area contributed by atoms with Crippen molar-refractivity contribution in [2.75, 3.05) is 6.61 Å². The summed E-state index contributed by atoms with van der Waals surface area (Å²) >= 11 is 0.